The molecule has 0 bridgehead atoms. The van der Waals surface area contributed by atoms with E-state index >= 15 is 0 Å². The van der Waals surface area contributed by atoms with E-state index in [1.54, 1.807) is 11.3 Å². The third kappa shape index (κ3) is 3.28. The topological polar surface area (TPSA) is 30.5 Å². The fourth-order valence-corrected chi connectivity index (χ4v) is 3.38. The Morgan fingerprint density at radius 1 is 1.56 bits per heavy atom. The van der Waals surface area contributed by atoms with E-state index in [-0.39, 0.29) is 6.10 Å². The molecule has 3 nitrogen and oxygen atoms in total. The highest BCUT2D eigenvalue weighted by atomic mass is 79.9. The molecule has 2 rings (SSSR count). The molecule has 5 heteroatoms. The molecule has 1 aromatic rings. The molecule has 0 amide bonds. The average Bonchev–Trinajstić information content (AvgIpc) is 2.73. The molecule has 90 valence electrons. The van der Waals surface area contributed by atoms with Gasteiger partial charge in [-0.05, 0) is 41.5 Å². The van der Waals surface area contributed by atoms with Crippen LogP contribution >= 0.6 is 27.3 Å². The van der Waals surface area contributed by atoms with E-state index in [1.165, 1.54) is 8.66 Å². The largest absolute Gasteiger partial charge is 0.376 e. The third-order valence-corrected chi connectivity index (χ3v) is 4.36. The quantitative estimate of drug-likeness (QED) is 0.923. The molecular weight excluding hydrogens is 290 g/mol. The van der Waals surface area contributed by atoms with Crippen LogP contribution in [0.1, 0.15) is 4.88 Å². The fourth-order valence-electron chi connectivity index (χ4n) is 1.84. The van der Waals surface area contributed by atoms with Crippen LogP contribution in [0.3, 0.4) is 0 Å². The van der Waals surface area contributed by atoms with Crippen LogP contribution in [0.15, 0.2) is 15.9 Å². The SMILES string of the molecule is CNC(Cc1ccc(Br)s1)C1COCCO1. The van der Waals surface area contributed by atoms with E-state index in [1.807, 2.05) is 7.05 Å². The molecule has 1 saturated heterocycles. The smallest absolute Gasteiger partial charge is 0.0965 e. The minimum atomic E-state index is 0.166. The number of halogens is 1. The second-order valence-electron chi connectivity index (χ2n) is 3.79. The Balaban J connectivity index is 1.94. The number of hydrogen-bond donors (Lipinski definition) is 1. The maximum absolute atomic E-state index is 5.72. The van der Waals surface area contributed by atoms with Gasteiger partial charge in [0.1, 0.15) is 0 Å². The van der Waals surface area contributed by atoms with E-state index in [4.69, 9.17) is 9.47 Å². The van der Waals surface area contributed by atoms with Crippen molar-refractivity contribution in [2.75, 3.05) is 26.9 Å². The van der Waals surface area contributed by atoms with Crippen molar-refractivity contribution in [3.05, 3.63) is 20.8 Å². The van der Waals surface area contributed by atoms with Gasteiger partial charge in [-0.25, -0.2) is 0 Å². The van der Waals surface area contributed by atoms with E-state index in [0.29, 0.717) is 19.3 Å². The first kappa shape index (κ1) is 12.5. The van der Waals surface area contributed by atoms with Crippen LogP contribution in [-0.2, 0) is 15.9 Å². The first-order valence-corrected chi connectivity index (χ1v) is 7.01. The van der Waals surface area contributed by atoms with Gasteiger partial charge in [-0.1, -0.05) is 0 Å². The van der Waals surface area contributed by atoms with E-state index in [0.717, 1.165) is 13.0 Å². The lowest BCUT2D eigenvalue weighted by atomic mass is 10.1. The van der Waals surface area contributed by atoms with Gasteiger partial charge in [0, 0.05) is 10.9 Å². The molecule has 1 aliphatic rings. The zero-order valence-electron chi connectivity index (χ0n) is 9.24. The van der Waals surface area contributed by atoms with Crippen molar-refractivity contribution in [2.24, 2.45) is 0 Å². The second kappa shape index (κ2) is 6.12. The predicted octanol–water partition coefficient (Wildman–Crippen LogP) is 2.06. The molecule has 0 aromatic carbocycles. The Hall–Kier alpha value is 0.0600. The Kier molecular flexibility index (Phi) is 4.79. The van der Waals surface area contributed by atoms with Gasteiger partial charge < -0.3 is 14.8 Å². The fraction of sp³-hybridized carbons (Fsp3) is 0.636. The van der Waals surface area contributed by atoms with Crippen molar-refractivity contribution in [2.45, 2.75) is 18.6 Å². The van der Waals surface area contributed by atoms with Gasteiger partial charge in [-0.2, -0.15) is 0 Å². The van der Waals surface area contributed by atoms with Gasteiger partial charge in [0.25, 0.3) is 0 Å². The summed E-state index contributed by atoms with van der Waals surface area (Å²) in [7, 11) is 1.98. The van der Waals surface area contributed by atoms with E-state index < -0.39 is 0 Å². The molecule has 0 aliphatic carbocycles. The molecule has 2 atom stereocenters. The zero-order chi connectivity index (χ0) is 11.4. The molecule has 2 unspecified atom stereocenters. The molecule has 1 aromatic heterocycles. The van der Waals surface area contributed by atoms with Crippen LogP contribution in [0.5, 0.6) is 0 Å². The molecule has 1 N–H and O–H groups in total. The van der Waals surface area contributed by atoms with Crippen molar-refractivity contribution >= 4 is 27.3 Å². The van der Waals surface area contributed by atoms with Crippen LogP contribution in [0.4, 0.5) is 0 Å². The second-order valence-corrected chi connectivity index (χ2v) is 6.34. The number of ether oxygens (including phenoxy) is 2. The summed E-state index contributed by atoms with van der Waals surface area (Å²) in [6.45, 7) is 2.12. The van der Waals surface area contributed by atoms with Crippen LogP contribution < -0.4 is 5.32 Å². The van der Waals surface area contributed by atoms with Gasteiger partial charge in [0.15, 0.2) is 0 Å². The first-order chi connectivity index (χ1) is 7.79. The summed E-state index contributed by atoms with van der Waals surface area (Å²) in [5, 5.41) is 3.32. The van der Waals surface area contributed by atoms with Crippen molar-refractivity contribution in [3.8, 4) is 0 Å². The average molecular weight is 306 g/mol. The van der Waals surface area contributed by atoms with Gasteiger partial charge in [-0.3, -0.25) is 0 Å². The van der Waals surface area contributed by atoms with Crippen molar-refractivity contribution in [1.82, 2.24) is 5.32 Å². The Morgan fingerprint density at radius 2 is 2.44 bits per heavy atom. The summed E-state index contributed by atoms with van der Waals surface area (Å²) in [5.74, 6) is 0. The maximum atomic E-state index is 5.72. The molecule has 1 fully saturated rings. The minimum absolute atomic E-state index is 0.166. The predicted molar refractivity (Wildman–Crippen MR) is 69.1 cm³/mol. The minimum Gasteiger partial charge on any atom is -0.376 e. The molecule has 0 radical (unpaired) electrons. The van der Waals surface area contributed by atoms with Crippen LogP contribution in [0.25, 0.3) is 0 Å². The summed E-state index contributed by atoms with van der Waals surface area (Å²) in [6.07, 6.45) is 1.15. The van der Waals surface area contributed by atoms with E-state index in [2.05, 4.69) is 33.4 Å². The third-order valence-electron chi connectivity index (χ3n) is 2.71. The Labute approximate surface area is 108 Å². The van der Waals surface area contributed by atoms with Crippen molar-refractivity contribution < 1.29 is 9.47 Å². The van der Waals surface area contributed by atoms with Gasteiger partial charge in [0.2, 0.25) is 0 Å². The molecule has 0 spiro atoms. The highest BCUT2D eigenvalue weighted by Gasteiger charge is 2.24. The van der Waals surface area contributed by atoms with Gasteiger partial charge in [-0.15, -0.1) is 11.3 Å². The van der Waals surface area contributed by atoms with E-state index in [9.17, 15) is 0 Å². The van der Waals surface area contributed by atoms with Gasteiger partial charge in [0.05, 0.1) is 29.7 Å². The molecule has 16 heavy (non-hydrogen) atoms. The maximum Gasteiger partial charge on any atom is 0.0965 e. The first-order valence-electron chi connectivity index (χ1n) is 5.40. The van der Waals surface area contributed by atoms with Crippen LogP contribution in [0, 0.1) is 0 Å². The molecule has 2 heterocycles. The lowest BCUT2D eigenvalue weighted by molar-refractivity contribution is -0.100. The lowest BCUT2D eigenvalue weighted by Crippen LogP contribution is -2.46. The molecular formula is C11H16BrNO2S. The molecule has 1 aliphatic heterocycles. The number of thiophene rings is 1. The highest BCUT2D eigenvalue weighted by molar-refractivity contribution is 9.11. The van der Waals surface area contributed by atoms with Crippen LogP contribution in [0.2, 0.25) is 0 Å². The summed E-state index contributed by atoms with van der Waals surface area (Å²) >= 11 is 5.26. The van der Waals surface area contributed by atoms with Gasteiger partial charge >= 0.3 is 0 Å². The lowest BCUT2D eigenvalue weighted by Gasteiger charge is -2.30. The number of hydrogen-bond acceptors (Lipinski definition) is 4. The summed E-state index contributed by atoms with van der Waals surface area (Å²) < 4.78 is 12.3. The molecule has 0 saturated carbocycles. The van der Waals surface area contributed by atoms with Crippen molar-refractivity contribution in [1.29, 1.82) is 0 Å². The number of rotatable bonds is 4. The Morgan fingerprint density at radius 3 is 3.00 bits per heavy atom. The summed E-state index contributed by atoms with van der Waals surface area (Å²) in [6, 6.07) is 4.57. The van der Waals surface area contributed by atoms with Crippen LogP contribution in [-0.4, -0.2) is 39.0 Å². The number of nitrogens with one attached hydrogen (secondary N) is 1. The summed E-state index contributed by atoms with van der Waals surface area (Å²) in [4.78, 5) is 1.36. The highest BCUT2D eigenvalue weighted by Crippen LogP contribution is 2.24. The number of likely N-dealkylation sites (N-methyl/N-ethyl adjacent to an activating group) is 1. The Bertz CT molecular complexity index is 326. The van der Waals surface area contributed by atoms with Crippen molar-refractivity contribution in [3.63, 3.8) is 0 Å². The normalized spacial score (nSPS) is 23.2. The monoisotopic (exact) mass is 305 g/mol. The zero-order valence-corrected chi connectivity index (χ0v) is 11.6. The summed E-state index contributed by atoms with van der Waals surface area (Å²) in [5.41, 5.74) is 0. The standard InChI is InChI=1S/C11H16BrNO2S/c1-13-9(10-7-14-4-5-15-10)6-8-2-3-11(12)16-8/h2-3,9-10,13H,4-7H2,1H3.